The summed E-state index contributed by atoms with van der Waals surface area (Å²) < 4.78 is 2.09. The van der Waals surface area contributed by atoms with Gasteiger partial charge in [0.2, 0.25) is 5.95 Å². The highest BCUT2D eigenvalue weighted by molar-refractivity contribution is 5.28. The molecule has 0 amide bonds. The molecule has 1 aromatic rings. The van der Waals surface area contributed by atoms with Crippen molar-refractivity contribution in [2.45, 2.75) is 26.3 Å². The van der Waals surface area contributed by atoms with Crippen LogP contribution in [0.15, 0.2) is 18.9 Å². The molecule has 4 heteroatoms. The minimum atomic E-state index is 0.806. The number of hydrogen-bond donors (Lipinski definition) is 1. The van der Waals surface area contributed by atoms with Crippen LogP contribution >= 0.6 is 0 Å². The van der Waals surface area contributed by atoms with E-state index in [0.29, 0.717) is 0 Å². The lowest BCUT2D eigenvalue weighted by Gasteiger charge is -2.10. The zero-order chi connectivity index (χ0) is 12.7. The normalized spacial score (nSPS) is 10.8. The highest BCUT2D eigenvalue weighted by Gasteiger charge is 2.02. The van der Waals surface area contributed by atoms with E-state index in [1.165, 1.54) is 6.42 Å². The lowest BCUT2D eigenvalue weighted by atomic mass is 10.3. The van der Waals surface area contributed by atoms with Crippen LogP contribution in [0.25, 0.3) is 0 Å². The Hall–Kier alpha value is -1.29. The summed E-state index contributed by atoms with van der Waals surface area (Å²) in [7, 11) is 4.21. The molecule has 0 radical (unpaired) electrons. The first-order valence-corrected chi connectivity index (χ1v) is 6.16. The minimum absolute atomic E-state index is 0.806. The van der Waals surface area contributed by atoms with Crippen molar-refractivity contribution < 1.29 is 0 Å². The number of allylic oxidation sites excluding steroid dienone is 1. The molecule has 1 heterocycles. The fraction of sp³-hybridized carbons (Fsp3) is 0.615. The zero-order valence-electron chi connectivity index (χ0n) is 11.2. The van der Waals surface area contributed by atoms with Crippen molar-refractivity contribution in [2.24, 2.45) is 0 Å². The van der Waals surface area contributed by atoms with Gasteiger partial charge in [0.25, 0.3) is 0 Å². The van der Waals surface area contributed by atoms with E-state index in [4.69, 9.17) is 0 Å². The zero-order valence-corrected chi connectivity index (χ0v) is 11.2. The molecule has 0 saturated carbocycles. The number of nitrogens with one attached hydrogen (secondary N) is 1. The average Bonchev–Trinajstić information content (AvgIpc) is 2.59. The SMILES string of the molecule is C=CCn1cc(C)nc1NCCCCN(C)C. The second-order valence-electron chi connectivity index (χ2n) is 4.58. The van der Waals surface area contributed by atoms with Gasteiger partial charge in [-0.1, -0.05) is 6.08 Å². The summed E-state index contributed by atoms with van der Waals surface area (Å²) in [5.41, 5.74) is 1.04. The summed E-state index contributed by atoms with van der Waals surface area (Å²) in [4.78, 5) is 6.67. The van der Waals surface area contributed by atoms with E-state index in [2.05, 4.69) is 40.4 Å². The number of aryl methyl sites for hydroxylation is 1. The van der Waals surface area contributed by atoms with Gasteiger partial charge >= 0.3 is 0 Å². The van der Waals surface area contributed by atoms with Gasteiger partial charge < -0.3 is 14.8 Å². The first-order valence-electron chi connectivity index (χ1n) is 6.16. The molecule has 0 fully saturated rings. The van der Waals surface area contributed by atoms with Crippen LogP contribution in [0.2, 0.25) is 0 Å². The molecule has 4 nitrogen and oxygen atoms in total. The molecule has 1 aromatic heterocycles. The topological polar surface area (TPSA) is 33.1 Å². The predicted octanol–water partition coefficient (Wildman–Crippen LogP) is 2.13. The molecule has 0 saturated heterocycles. The number of unbranched alkanes of at least 4 members (excludes halogenated alkanes) is 1. The van der Waals surface area contributed by atoms with E-state index in [9.17, 15) is 0 Å². The largest absolute Gasteiger partial charge is 0.356 e. The molecule has 0 unspecified atom stereocenters. The number of rotatable bonds is 8. The third kappa shape index (κ3) is 5.04. The Bertz CT molecular complexity index is 341. The van der Waals surface area contributed by atoms with E-state index in [1.807, 2.05) is 19.2 Å². The molecule has 0 aromatic carbocycles. The predicted molar refractivity (Wildman–Crippen MR) is 73.4 cm³/mol. The second-order valence-corrected chi connectivity index (χ2v) is 4.58. The number of anilines is 1. The van der Waals surface area contributed by atoms with Crippen LogP contribution < -0.4 is 5.32 Å². The first-order chi connectivity index (χ1) is 8.13. The maximum atomic E-state index is 4.46. The van der Waals surface area contributed by atoms with Crippen LogP contribution in [0.4, 0.5) is 5.95 Å². The molecule has 0 spiro atoms. The third-order valence-electron chi connectivity index (χ3n) is 2.54. The molecule has 1 N–H and O–H groups in total. The van der Waals surface area contributed by atoms with Crippen molar-refractivity contribution in [2.75, 3.05) is 32.5 Å². The Labute approximate surface area is 104 Å². The lowest BCUT2D eigenvalue weighted by molar-refractivity contribution is 0.396. The Kier molecular flexibility index (Phi) is 5.77. The fourth-order valence-corrected chi connectivity index (χ4v) is 1.72. The Balaban J connectivity index is 2.32. The molecule has 0 aliphatic heterocycles. The monoisotopic (exact) mass is 236 g/mol. The summed E-state index contributed by atoms with van der Waals surface area (Å²) in [6.45, 7) is 8.69. The maximum absolute atomic E-state index is 4.46. The molecule has 96 valence electrons. The molecule has 0 atom stereocenters. The number of aromatic nitrogens is 2. The molecule has 0 bridgehead atoms. The minimum Gasteiger partial charge on any atom is -0.356 e. The molecule has 17 heavy (non-hydrogen) atoms. The van der Waals surface area contributed by atoms with Crippen LogP contribution in [0.5, 0.6) is 0 Å². The van der Waals surface area contributed by atoms with E-state index >= 15 is 0 Å². The van der Waals surface area contributed by atoms with E-state index in [1.54, 1.807) is 0 Å². The van der Waals surface area contributed by atoms with Crippen molar-refractivity contribution in [3.63, 3.8) is 0 Å². The van der Waals surface area contributed by atoms with Crippen LogP contribution in [-0.2, 0) is 6.54 Å². The highest BCUT2D eigenvalue weighted by Crippen LogP contribution is 2.08. The third-order valence-corrected chi connectivity index (χ3v) is 2.54. The lowest BCUT2D eigenvalue weighted by Crippen LogP contribution is -2.15. The maximum Gasteiger partial charge on any atom is 0.203 e. The van der Waals surface area contributed by atoms with E-state index in [0.717, 1.165) is 37.7 Å². The van der Waals surface area contributed by atoms with Crippen molar-refractivity contribution in [1.82, 2.24) is 14.5 Å². The van der Waals surface area contributed by atoms with E-state index < -0.39 is 0 Å². The van der Waals surface area contributed by atoms with Crippen LogP contribution in [0.1, 0.15) is 18.5 Å². The van der Waals surface area contributed by atoms with Gasteiger partial charge in [-0.25, -0.2) is 4.98 Å². The van der Waals surface area contributed by atoms with Crippen molar-refractivity contribution >= 4 is 5.95 Å². The fourth-order valence-electron chi connectivity index (χ4n) is 1.72. The van der Waals surface area contributed by atoms with Gasteiger partial charge in [0.05, 0.1) is 5.69 Å². The second kappa shape index (κ2) is 7.12. The summed E-state index contributed by atoms with van der Waals surface area (Å²) in [5.74, 6) is 0.951. The van der Waals surface area contributed by atoms with Gasteiger partial charge in [0, 0.05) is 19.3 Å². The average molecular weight is 236 g/mol. The quantitative estimate of drug-likeness (QED) is 0.554. The first kappa shape index (κ1) is 13.8. The number of nitrogens with zero attached hydrogens (tertiary/aromatic N) is 3. The molecule has 0 aliphatic carbocycles. The van der Waals surface area contributed by atoms with Gasteiger partial charge in [0.1, 0.15) is 0 Å². The van der Waals surface area contributed by atoms with Crippen molar-refractivity contribution in [1.29, 1.82) is 0 Å². The Morgan fingerprint density at radius 3 is 2.88 bits per heavy atom. The van der Waals surface area contributed by atoms with Gasteiger partial charge in [-0.3, -0.25) is 0 Å². The van der Waals surface area contributed by atoms with Crippen LogP contribution in [0.3, 0.4) is 0 Å². The molecular formula is C13H24N4. The Morgan fingerprint density at radius 1 is 1.47 bits per heavy atom. The van der Waals surface area contributed by atoms with Crippen LogP contribution in [0, 0.1) is 6.92 Å². The molecule has 0 aliphatic rings. The van der Waals surface area contributed by atoms with Gasteiger partial charge in [0.15, 0.2) is 0 Å². The van der Waals surface area contributed by atoms with Gasteiger partial charge in [-0.2, -0.15) is 0 Å². The van der Waals surface area contributed by atoms with Gasteiger partial charge in [-0.15, -0.1) is 6.58 Å². The highest BCUT2D eigenvalue weighted by atomic mass is 15.2. The molecular weight excluding hydrogens is 212 g/mol. The van der Waals surface area contributed by atoms with Crippen molar-refractivity contribution in [3.05, 3.63) is 24.5 Å². The summed E-state index contributed by atoms with van der Waals surface area (Å²) in [6.07, 6.45) is 6.31. The standard InChI is InChI=1S/C13H24N4/c1-5-9-17-11-12(2)15-13(17)14-8-6-7-10-16(3)4/h5,11H,1,6-10H2,2-4H3,(H,14,15). The summed E-state index contributed by atoms with van der Waals surface area (Å²) >= 11 is 0. The van der Waals surface area contributed by atoms with Crippen molar-refractivity contribution in [3.8, 4) is 0 Å². The smallest absolute Gasteiger partial charge is 0.203 e. The summed E-state index contributed by atoms with van der Waals surface area (Å²) in [5, 5.41) is 3.38. The van der Waals surface area contributed by atoms with Gasteiger partial charge in [-0.05, 0) is 40.4 Å². The molecule has 1 rings (SSSR count). The summed E-state index contributed by atoms with van der Waals surface area (Å²) in [6, 6.07) is 0. The number of hydrogen-bond acceptors (Lipinski definition) is 3. The van der Waals surface area contributed by atoms with Crippen LogP contribution in [-0.4, -0.2) is 41.6 Å². The van der Waals surface area contributed by atoms with E-state index in [-0.39, 0.29) is 0 Å². The Morgan fingerprint density at radius 2 is 2.24 bits per heavy atom. The number of imidazole rings is 1.